The number of rotatable bonds is 8. The maximum absolute atomic E-state index is 13.1. The Morgan fingerprint density at radius 1 is 1.29 bits per heavy atom. The lowest BCUT2D eigenvalue weighted by Gasteiger charge is -2.55. The first-order chi connectivity index (χ1) is 16.2. The molecule has 1 saturated heterocycles. The number of hydrogen-bond acceptors (Lipinski definition) is 4. The van der Waals surface area contributed by atoms with Crippen LogP contribution < -0.4 is 10.6 Å². The Bertz CT molecular complexity index is 1020. The van der Waals surface area contributed by atoms with Crippen molar-refractivity contribution in [2.45, 2.75) is 65.8 Å². The second-order valence-electron chi connectivity index (χ2n) is 11.0. The van der Waals surface area contributed by atoms with Crippen LogP contribution in [-0.2, 0) is 11.2 Å². The highest BCUT2D eigenvalue weighted by molar-refractivity contribution is 5.93. The van der Waals surface area contributed by atoms with E-state index < -0.39 is 0 Å². The average Bonchev–Trinajstić information content (AvgIpc) is 3.24. The lowest BCUT2D eigenvalue weighted by molar-refractivity contribution is -0.131. The predicted octanol–water partition coefficient (Wildman–Crippen LogP) is 3.53. The molecular formula is C27H41N5O2. The van der Waals surface area contributed by atoms with Crippen molar-refractivity contribution in [1.82, 2.24) is 24.9 Å². The van der Waals surface area contributed by atoms with Gasteiger partial charge in [0.2, 0.25) is 5.91 Å². The van der Waals surface area contributed by atoms with Crippen LogP contribution in [0.25, 0.3) is 5.65 Å². The molecule has 0 unspecified atom stereocenters. The van der Waals surface area contributed by atoms with E-state index in [9.17, 15) is 9.59 Å². The Balaban J connectivity index is 1.39. The Hall–Kier alpha value is -2.41. The highest BCUT2D eigenvalue weighted by Gasteiger charge is 2.48. The van der Waals surface area contributed by atoms with E-state index in [0.29, 0.717) is 40.8 Å². The molecule has 7 heteroatoms. The fraction of sp³-hybridized carbons (Fsp3) is 0.667. The van der Waals surface area contributed by atoms with E-state index in [1.165, 1.54) is 12.8 Å². The van der Waals surface area contributed by atoms with E-state index in [1.807, 2.05) is 40.7 Å². The smallest absolute Gasteiger partial charge is 0.268 e. The van der Waals surface area contributed by atoms with E-state index in [2.05, 4.69) is 43.3 Å². The van der Waals surface area contributed by atoms with Crippen LogP contribution in [0.1, 0.15) is 69.6 Å². The van der Waals surface area contributed by atoms with Crippen molar-refractivity contribution >= 4 is 17.5 Å². The molecule has 3 heterocycles. The molecular weight excluding hydrogens is 426 g/mol. The number of carbonyl (C=O) groups excluding carboxylic acids is 2. The van der Waals surface area contributed by atoms with Gasteiger partial charge in [0.05, 0.1) is 12.1 Å². The van der Waals surface area contributed by atoms with Crippen molar-refractivity contribution in [1.29, 1.82) is 0 Å². The summed E-state index contributed by atoms with van der Waals surface area (Å²) >= 11 is 0. The minimum atomic E-state index is -0.0938. The molecule has 0 spiro atoms. The van der Waals surface area contributed by atoms with E-state index in [1.54, 1.807) is 0 Å². The fourth-order valence-electron chi connectivity index (χ4n) is 6.21. The van der Waals surface area contributed by atoms with E-state index in [0.717, 1.165) is 31.8 Å². The van der Waals surface area contributed by atoms with Gasteiger partial charge in [0.25, 0.3) is 5.91 Å². The van der Waals surface area contributed by atoms with Gasteiger partial charge in [-0.3, -0.25) is 14.0 Å². The molecule has 1 aliphatic heterocycles. The Kier molecular flexibility index (Phi) is 7.31. The first-order valence-electron chi connectivity index (χ1n) is 12.9. The summed E-state index contributed by atoms with van der Waals surface area (Å²) in [5, 5.41) is 6.49. The van der Waals surface area contributed by atoms with Gasteiger partial charge in [0, 0.05) is 25.8 Å². The lowest BCUT2D eigenvalue weighted by Crippen LogP contribution is -2.49. The van der Waals surface area contributed by atoms with Crippen LogP contribution in [-0.4, -0.2) is 58.8 Å². The number of likely N-dealkylation sites (N-methyl/N-ethyl adjacent to an activating group) is 1. The maximum Gasteiger partial charge on any atom is 0.268 e. The third-order valence-electron chi connectivity index (χ3n) is 8.67. The molecule has 4 rings (SSSR count). The van der Waals surface area contributed by atoms with Gasteiger partial charge in [-0.25, -0.2) is 4.98 Å². The predicted molar refractivity (Wildman–Crippen MR) is 135 cm³/mol. The standard InChI is InChI=1S/C27H41N5O2/c1-6-19-14-22(27(19,3)4)18(2)16-29-26(34)23-8-7-9-24-30-20(17-32(23)24)15-25(33)31(5)21-10-12-28-13-11-21/h7-9,17-19,21-22,28H,6,10-16H2,1-5H3,(H,29,34)/t18-,19+,22+/m0/s1. The second-order valence-corrected chi connectivity index (χ2v) is 11.0. The molecule has 2 amide bonds. The third-order valence-corrected chi connectivity index (χ3v) is 8.67. The monoisotopic (exact) mass is 467 g/mol. The number of pyridine rings is 1. The molecule has 2 aromatic rings. The highest BCUT2D eigenvalue weighted by atomic mass is 16.2. The lowest BCUT2D eigenvalue weighted by atomic mass is 9.51. The van der Waals surface area contributed by atoms with Crippen LogP contribution in [0.4, 0.5) is 0 Å². The molecule has 34 heavy (non-hydrogen) atoms. The van der Waals surface area contributed by atoms with Gasteiger partial charge in [-0.1, -0.05) is 40.2 Å². The van der Waals surface area contributed by atoms with Gasteiger partial charge in [-0.2, -0.15) is 0 Å². The Labute approximate surface area is 203 Å². The van der Waals surface area contributed by atoms with Crippen LogP contribution in [0.2, 0.25) is 0 Å². The zero-order valence-corrected chi connectivity index (χ0v) is 21.4. The summed E-state index contributed by atoms with van der Waals surface area (Å²) in [5.41, 5.74) is 2.29. The molecule has 1 saturated carbocycles. The van der Waals surface area contributed by atoms with Crippen molar-refractivity contribution in [3.8, 4) is 0 Å². The van der Waals surface area contributed by atoms with Crippen LogP contribution >= 0.6 is 0 Å². The van der Waals surface area contributed by atoms with Gasteiger partial charge in [0.1, 0.15) is 11.3 Å². The number of imidazole rings is 1. The van der Waals surface area contributed by atoms with E-state index in [4.69, 9.17) is 0 Å². The minimum Gasteiger partial charge on any atom is -0.350 e. The first-order valence-corrected chi connectivity index (χ1v) is 12.9. The zero-order valence-electron chi connectivity index (χ0n) is 21.4. The largest absolute Gasteiger partial charge is 0.350 e. The van der Waals surface area contributed by atoms with Crippen molar-refractivity contribution in [2.75, 3.05) is 26.7 Å². The molecule has 7 nitrogen and oxygen atoms in total. The van der Waals surface area contributed by atoms with Gasteiger partial charge in [-0.05, 0) is 67.7 Å². The Morgan fingerprint density at radius 3 is 2.71 bits per heavy atom. The molecule has 3 atom stereocenters. The average molecular weight is 468 g/mol. The van der Waals surface area contributed by atoms with Crippen LogP contribution in [0.3, 0.4) is 0 Å². The number of nitrogens with one attached hydrogen (secondary N) is 2. The number of hydrogen-bond donors (Lipinski definition) is 2. The summed E-state index contributed by atoms with van der Waals surface area (Å²) in [6.07, 6.45) is 6.52. The van der Waals surface area contributed by atoms with Crippen LogP contribution in [0.5, 0.6) is 0 Å². The van der Waals surface area contributed by atoms with Gasteiger partial charge in [0.15, 0.2) is 0 Å². The zero-order chi connectivity index (χ0) is 24.5. The SMILES string of the molecule is CC[C@@H]1C[C@H]([C@@H](C)CNC(=O)c2cccc3nc(CC(=O)N(C)C4CCNCC4)cn23)C1(C)C. The molecule has 2 N–H and O–H groups in total. The molecule has 1 aliphatic carbocycles. The topological polar surface area (TPSA) is 78.7 Å². The van der Waals surface area contributed by atoms with Crippen molar-refractivity contribution in [3.63, 3.8) is 0 Å². The third kappa shape index (κ3) is 4.85. The summed E-state index contributed by atoms with van der Waals surface area (Å²) in [5.74, 6) is 1.83. The van der Waals surface area contributed by atoms with Crippen molar-refractivity contribution < 1.29 is 9.59 Å². The first kappa shape index (κ1) is 24.7. The second kappa shape index (κ2) is 10.1. The van der Waals surface area contributed by atoms with Gasteiger partial charge in [-0.15, -0.1) is 0 Å². The fourth-order valence-corrected chi connectivity index (χ4v) is 6.21. The van der Waals surface area contributed by atoms with Crippen LogP contribution in [0, 0.1) is 23.2 Å². The molecule has 186 valence electrons. The number of piperidine rings is 1. The molecule has 0 aromatic carbocycles. The summed E-state index contributed by atoms with van der Waals surface area (Å²) in [4.78, 5) is 32.4. The molecule has 2 fully saturated rings. The number of aromatic nitrogens is 2. The van der Waals surface area contributed by atoms with Crippen molar-refractivity contribution in [2.24, 2.45) is 23.2 Å². The summed E-state index contributed by atoms with van der Waals surface area (Å²) in [6, 6.07) is 5.84. The summed E-state index contributed by atoms with van der Waals surface area (Å²) in [7, 11) is 1.89. The number of carbonyl (C=O) groups is 2. The van der Waals surface area contributed by atoms with Crippen molar-refractivity contribution in [3.05, 3.63) is 35.8 Å². The number of nitrogens with zero attached hydrogens (tertiary/aromatic N) is 3. The highest BCUT2D eigenvalue weighted by Crippen LogP contribution is 2.55. The van der Waals surface area contributed by atoms with E-state index >= 15 is 0 Å². The minimum absolute atomic E-state index is 0.0728. The normalized spacial score (nSPS) is 23.3. The molecule has 2 aliphatic rings. The van der Waals surface area contributed by atoms with E-state index in [-0.39, 0.29) is 24.3 Å². The summed E-state index contributed by atoms with van der Waals surface area (Å²) in [6.45, 7) is 11.8. The molecule has 0 bridgehead atoms. The summed E-state index contributed by atoms with van der Waals surface area (Å²) < 4.78 is 1.81. The maximum atomic E-state index is 13.1. The molecule has 2 aromatic heterocycles. The van der Waals surface area contributed by atoms with Gasteiger partial charge < -0.3 is 15.5 Å². The molecule has 0 radical (unpaired) electrons. The van der Waals surface area contributed by atoms with Crippen LogP contribution in [0.15, 0.2) is 24.4 Å². The number of amides is 2. The number of fused-ring (bicyclic) bond motifs is 1. The quantitative estimate of drug-likeness (QED) is 0.623. The van der Waals surface area contributed by atoms with Gasteiger partial charge >= 0.3 is 0 Å². The Morgan fingerprint density at radius 2 is 2.03 bits per heavy atom.